The Morgan fingerprint density at radius 2 is 1.77 bits per heavy atom. The summed E-state index contributed by atoms with van der Waals surface area (Å²) in [5.74, 6) is -0.232. The molecule has 0 atom stereocenters. The van der Waals surface area contributed by atoms with Gasteiger partial charge in [0.05, 0.1) is 23.2 Å². The van der Waals surface area contributed by atoms with Crippen LogP contribution < -0.4 is 16.4 Å². The van der Waals surface area contributed by atoms with Crippen LogP contribution in [0.4, 0.5) is 0 Å². The van der Waals surface area contributed by atoms with E-state index < -0.39 is 11.1 Å². The van der Waals surface area contributed by atoms with E-state index in [2.05, 4.69) is 10.3 Å². The van der Waals surface area contributed by atoms with Gasteiger partial charge in [0, 0.05) is 43.8 Å². The van der Waals surface area contributed by atoms with Crippen LogP contribution in [0.1, 0.15) is 10.4 Å². The van der Waals surface area contributed by atoms with Gasteiger partial charge in [0.1, 0.15) is 0 Å². The Labute approximate surface area is 171 Å². The third-order valence-electron chi connectivity index (χ3n) is 5.07. The van der Waals surface area contributed by atoms with Gasteiger partial charge in [0.25, 0.3) is 5.91 Å². The molecular weight excluding hydrogens is 384 g/mol. The summed E-state index contributed by atoms with van der Waals surface area (Å²) in [4.78, 5) is 39.6. The molecule has 0 saturated carbocycles. The number of nitrogens with zero attached hydrogens (tertiary/aromatic N) is 2. The maximum atomic E-state index is 12.8. The van der Waals surface area contributed by atoms with E-state index in [-0.39, 0.29) is 19.0 Å². The normalized spacial score (nSPS) is 11.2. The van der Waals surface area contributed by atoms with Gasteiger partial charge in [0.15, 0.2) is 0 Å². The molecule has 2 aromatic heterocycles. The monoisotopic (exact) mass is 406 g/mol. The first kappa shape index (κ1) is 19.7. The molecule has 2 heterocycles. The number of aromatic nitrogens is 3. The van der Waals surface area contributed by atoms with Gasteiger partial charge in [-0.2, -0.15) is 0 Å². The summed E-state index contributed by atoms with van der Waals surface area (Å²) in [5.41, 5.74) is 1.39. The Kier molecular flexibility index (Phi) is 5.49. The van der Waals surface area contributed by atoms with Crippen molar-refractivity contribution in [3.8, 4) is 0 Å². The molecule has 0 saturated heterocycles. The number of nitrogens with one attached hydrogen (secondary N) is 2. The van der Waals surface area contributed by atoms with Crippen LogP contribution in [0.25, 0.3) is 21.9 Å². The van der Waals surface area contributed by atoms with E-state index in [0.717, 1.165) is 10.9 Å². The number of methoxy groups -OCH3 is 1. The second-order valence-corrected chi connectivity index (χ2v) is 6.93. The smallest absolute Gasteiger partial charge is 0.316 e. The molecule has 4 rings (SSSR count). The van der Waals surface area contributed by atoms with Crippen molar-refractivity contribution < 1.29 is 9.53 Å². The Bertz CT molecular complexity index is 1330. The number of fused-ring (bicyclic) bond motifs is 2. The number of amides is 1. The molecule has 0 aliphatic heterocycles. The number of hydrogen-bond acceptors (Lipinski definition) is 4. The van der Waals surface area contributed by atoms with Gasteiger partial charge in [-0.05, 0) is 18.2 Å². The van der Waals surface area contributed by atoms with Crippen LogP contribution in [0, 0.1) is 0 Å². The predicted molar refractivity (Wildman–Crippen MR) is 115 cm³/mol. The zero-order valence-corrected chi connectivity index (χ0v) is 16.6. The highest BCUT2D eigenvalue weighted by Gasteiger charge is 2.15. The van der Waals surface area contributed by atoms with Crippen LogP contribution in [-0.2, 0) is 17.8 Å². The highest BCUT2D eigenvalue weighted by molar-refractivity contribution is 6.07. The SMILES string of the molecule is COCCn1cc(C(=O)NCCn2c(=O)c(=O)[nH]c3ccccc32)c2ccccc21. The number of hydrogen-bond donors (Lipinski definition) is 2. The fourth-order valence-corrected chi connectivity index (χ4v) is 3.62. The van der Waals surface area contributed by atoms with Gasteiger partial charge < -0.3 is 24.2 Å². The number of ether oxygens (including phenoxy) is 1. The van der Waals surface area contributed by atoms with E-state index in [4.69, 9.17) is 4.74 Å². The number of aromatic amines is 1. The number of carbonyl (C=O) groups is 1. The lowest BCUT2D eigenvalue weighted by molar-refractivity contribution is 0.0953. The lowest BCUT2D eigenvalue weighted by atomic mass is 10.1. The summed E-state index contributed by atoms with van der Waals surface area (Å²) >= 11 is 0. The van der Waals surface area contributed by atoms with E-state index in [9.17, 15) is 14.4 Å². The summed E-state index contributed by atoms with van der Waals surface area (Å²) in [6, 6.07) is 14.8. The molecule has 2 N–H and O–H groups in total. The van der Waals surface area contributed by atoms with Crippen molar-refractivity contribution in [2.24, 2.45) is 0 Å². The molecule has 0 fully saturated rings. The van der Waals surface area contributed by atoms with Gasteiger partial charge >= 0.3 is 11.1 Å². The molecule has 2 aromatic carbocycles. The van der Waals surface area contributed by atoms with E-state index in [1.54, 1.807) is 31.4 Å². The van der Waals surface area contributed by atoms with Crippen LogP contribution in [0.2, 0.25) is 0 Å². The minimum Gasteiger partial charge on any atom is -0.383 e. The molecule has 1 amide bonds. The van der Waals surface area contributed by atoms with E-state index in [1.165, 1.54) is 4.57 Å². The molecule has 4 aromatic rings. The van der Waals surface area contributed by atoms with Crippen LogP contribution in [0.3, 0.4) is 0 Å². The molecule has 0 aliphatic rings. The lowest BCUT2D eigenvalue weighted by Gasteiger charge is -2.10. The minimum atomic E-state index is -0.679. The highest BCUT2D eigenvalue weighted by atomic mass is 16.5. The summed E-state index contributed by atoms with van der Waals surface area (Å²) in [6.07, 6.45) is 1.81. The first-order valence-electron chi connectivity index (χ1n) is 9.67. The largest absolute Gasteiger partial charge is 0.383 e. The number of para-hydroxylation sites is 3. The number of H-pyrrole nitrogens is 1. The van der Waals surface area contributed by atoms with Gasteiger partial charge in [-0.1, -0.05) is 30.3 Å². The maximum Gasteiger partial charge on any atom is 0.316 e. The van der Waals surface area contributed by atoms with Crippen molar-refractivity contribution in [1.29, 1.82) is 0 Å². The molecule has 30 heavy (non-hydrogen) atoms. The zero-order valence-electron chi connectivity index (χ0n) is 16.6. The first-order valence-corrected chi connectivity index (χ1v) is 9.67. The molecular formula is C22H22N4O4. The lowest BCUT2D eigenvalue weighted by Crippen LogP contribution is -2.39. The van der Waals surface area contributed by atoms with Crippen molar-refractivity contribution in [1.82, 2.24) is 19.4 Å². The van der Waals surface area contributed by atoms with E-state index in [1.807, 2.05) is 35.0 Å². The minimum absolute atomic E-state index is 0.192. The van der Waals surface area contributed by atoms with Gasteiger partial charge in [0.2, 0.25) is 0 Å². The van der Waals surface area contributed by atoms with E-state index in [0.29, 0.717) is 29.7 Å². The summed E-state index contributed by atoms with van der Waals surface area (Å²) in [6.45, 7) is 1.58. The van der Waals surface area contributed by atoms with Gasteiger partial charge in [-0.25, -0.2) is 0 Å². The Morgan fingerprint density at radius 3 is 2.57 bits per heavy atom. The van der Waals surface area contributed by atoms with Crippen LogP contribution in [-0.4, -0.2) is 40.3 Å². The predicted octanol–water partition coefficient (Wildman–Crippen LogP) is 1.72. The standard InChI is InChI=1S/C22H22N4O4/c1-30-13-12-25-14-16(15-6-2-4-8-18(15)25)20(27)23-10-11-26-19-9-5-3-7-17(19)24-21(28)22(26)29/h2-9,14H,10-13H2,1H3,(H,23,27)(H,24,28). The molecule has 0 spiro atoms. The number of rotatable bonds is 7. The highest BCUT2D eigenvalue weighted by Crippen LogP contribution is 2.21. The second-order valence-electron chi connectivity index (χ2n) is 6.93. The van der Waals surface area contributed by atoms with Crippen molar-refractivity contribution in [3.05, 3.63) is 81.0 Å². The average molecular weight is 406 g/mol. The molecule has 0 unspecified atom stereocenters. The summed E-state index contributed by atoms with van der Waals surface area (Å²) in [7, 11) is 1.64. The topological polar surface area (TPSA) is 98.1 Å². The molecule has 0 aliphatic carbocycles. The number of benzene rings is 2. The number of carbonyl (C=O) groups excluding carboxylic acids is 1. The van der Waals surface area contributed by atoms with Crippen LogP contribution >= 0.6 is 0 Å². The molecule has 154 valence electrons. The Morgan fingerprint density at radius 1 is 1.03 bits per heavy atom. The summed E-state index contributed by atoms with van der Waals surface area (Å²) in [5, 5.41) is 3.72. The Balaban J connectivity index is 1.56. The fourth-order valence-electron chi connectivity index (χ4n) is 3.62. The third kappa shape index (κ3) is 3.65. The third-order valence-corrected chi connectivity index (χ3v) is 5.07. The second kappa shape index (κ2) is 8.38. The average Bonchev–Trinajstić information content (AvgIpc) is 3.13. The molecule has 0 bridgehead atoms. The van der Waals surface area contributed by atoms with Gasteiger partial charge in [-0.15, -0.1) is 0 Å². The maximum absolute atomic E-state index is 12.8. The Hall–Kier alpha value is -3.65. The quantitative estimate of drug-likeness (QED) is 0.457. The van der Waals surface area contributed by atoms with Crippen molar-refractivity contribution >= 4 is 27.8 Å². The molecule has 0 radical (unpaired) electrons. The van der Waals surface area contributed by atoms with E-state index >= 15 is 0 Å². The van der Waals surface area contributed by atoms with Crippen molar-refractivity contribution in [3.63, 3.8) is 0 Å². The van der Waals surface area contributed by atoms with Crippen molar-refractivity contribution in [2.75, 3.05) is 20.3 Å². The summed E-state index contributed by atoms with van der Waals surface area (Å²) < 4.78 is 8.53. The van der Waals surface area contributed by atoms with Gasteiger partial charge in [-0.3, -0.25) is 14.4 Å². The fraction of sp³-hybridized carbons (Fsp3) is 0.227. The zero-order chi connectivity index (χ0) is 21.1. The molecule has 8 heteroatoms. The van der Waals surface area contributed by atoms with Crippen LogP contribution in [0.5, 0.6) is 0 Å². The van der Waals surface area contributed by atoms with Crippen LogP contribution in [0.15, 0.2) is 64.3 Å². The first-order chi connectivity index (χ1) is 14.6. The molecule has 8 nitrogen and oxygen atoms in total. The van der Waals surface area contributed by atoms with Crippen molar-refractivity contribution in [2.45, 2.75) is 13.1 Å².